The summed E-state index contributed by atoms with van der Waals surface area (Å²) in [5, 5.41) is 11.1. The number of hydrogen-bond donors (Lipinski definition) is 1. The lowest BCUT2D eigenvalue weighted by atomic mass is 9.86. The van der Waals surface area contributed by atoms with Crippen LogP contribution < -0.4 is 0 Å². The third-order valence-electron chi connectivity index (χ3n) is 9.39. The molecule has 1 N–H and O–H groups in total. The Morgan fingerprint density at radius 1 is 1.21 bits per heavy atom. The van der Waals surface area contributed by atoms with E-state index in [2.05, 4.69) is 16.0 Å². The van der Waals surface area contributed by atoms with Crippen LogP contribution in [0, 0.1) is 41.8 Å². The summed E-state index contributed by atoms with van der Waals surface area (Å²) in [6.45, 7) is 1.78. The minimum Gasteiger partial charge on any atom is -0.356 e. The first-order valence-electron chi connectivity index (χ1n) is 14.3. The minimum absolute atomic E-state index is 0.0287. The zero-order valence-electron chi connectivity index (χ0n) is 22.7. The van der Waals surface area contributed by atoms with Crippen molar-refractivity contribution in [1.82, 2.24) is 14.9 Å². The molecule has 216 valence electrons. The van der Waals surface area contributed by atoms with Crippen LogP contribution in [0.3, 0.4) is 0 Å². The molecule has 1 saturated heterocycles. The molecule has 4 atom stereocenters. The van der Waals surface area contributed by atoms with Gasteiger partial charge < -0.3 is 9.88 Å². The number of nitriles is 1. The fraction of sp³-hybridized carbons (Fsp3) is 0.406. The number of likely N-dealkylation sites (tertiary alicyclic amines) is 1. The van der Waals surface area contributed by atoms with E-state index >= 15 is 4.39 Å². The van der Waals surface area contributed by atoms with Gasteiger partial charge in [-0.05, 0) is 68.7 Å². The molecule has 2 bridgehead atoms. The van der Waals surface area contributed by atoms with Crippen LogP contribution in [0.15, 0.2) is 30.3 Å². The Kier molecular flexibility index (Phi) is 6.67. The largest absolute Gasteiger partial charge is 0.356 e. The Balaban J connectivity index is 1.43. The minimum atomic E-state index is -2.46. The van der Waals surface area contributed by atoms with Gasteiger partial charge in [0.15, 0.2) is 5.82 Å². The van der Waals surface area contributed by atoms with Crippen LogP contribution in [0.25, 0.3) is 32.9 Å². The lowest BCUT2D eigenvalue weighted by Gasteiger charge is -2.38. The normalized spacial score (nSPS) is 23.4. The third-order valence-corrected chi connectivity index (χ3v) is 10.2. The zero-order chi connectivity index (χ0) is 29.4. The van der Waals surface area contributed by atoms with Gasteiger partial charge in [0.25, 0.3) is 0 Å². The van der Waals surface area contributed by atoms with Gasteiger partial charge in [0, 0.05) is 57.6 Å². The third kappa shape index (κ3) is 4.19. The maximum atomic E-state index is 16.5. The molecule has 2 aromatic carbocycles. The first kappa shape index (κ1) is 27.5. The van der Waals surface area contributed by atoms with Crippen LogP contribution >= 0.6 is 23.2 Å². The summed E-state index contributed by atoms with van der Waals surface area (Å²) in [6, 6.07) is 10.2. The molecule has 7 rings (SSSR count). The smallest absolute Gasteiger partial charge is 0.241 e. The molecule has 2 aliphatic carbocycles. The molecule has 4 aromatic rings. The number of amides is 1. The number of fused-ring (bicyclic) bond motifs is 5. The second-order valence-corrected chi connectivity index (χ2v) is 12.6. The number of piperidine rings is 1. The molecule has 10 heteroatoms. The van der Waals surface area contributed by atoms with Crippen LogP contribution in [0.5, 0.6) is 0 Å². The van der Waals surface area contributed by atoms with Crippen molar-refractivity contribution < 1.29 is 18.0 Å². The number of alkyl halides is 2. The predicted molar refractivity (Wildman–Crippen MR) is 156 cm³/mol. The summed E-state index contributed by atoms with van der Waals surface area (Å²) in [7, 11) is 0. The fourth-order valence-corrected chi connectivity index (χ4v) is 7.75. The summed E-state index contributed by atoms with van der Waals surface area (Å²) in [4.78, 5) is 23.3. The number of nitrogens with one attached hydrogen (secondary N) is 1. The Morgan fingerprint density at radius 3 is 2.71 bits per heavy atom. The Hall–Kier alpha value is -3.28. The molecule has 0 radical (unpaired) electrons. The highest BCUT2D eigenvalue weighted by Gasteiger charge is 2.57. The summed E-state index contributed by atoms with van der Waals surface area (Å²) in [5.41, 5.74) is 3.25. The number of aromatic amines is 1. The Bertz CT molecular complexity index is 1810. The molecule has 4 unspecified atom stereocenters. The number of nitrogens with zero attached hydrogens (tertiary/aromatic N) is 3. The van der Waals surface area contributed by atoms with Gasteiger partial charge in [-0.2, -0.15) is 5.26 Å². The average molecular weight is 611 g/mol. The van der Waals surface area contributed by atoms with Crippen LogP contribution in [0.4, 0.5) is 13.2 Å². The van der Waals surface area contributed by atoms with Crippen molar-refractivity contribution in [3.63, 3.8) is 0 Å². The topological polar surface area (TPSA) is 72.8 Å². The first-order chi connectivity index (χ1) is 20.2. The van der Waals surface area contributed by atoms with E-state index in [0.717, 1.165) is 18.2 Å². The molecule has 3 aliphatic rings. The second kappa shape index (κ2) is 10.2. The quantitative estimate of drug-likeness (QED) is 0.238. The van der Waals surface area contributed by atoms with Gasteiger partial charge >= 0.3 is 0 Å². The molecule has 1 aliphatic heterocycles. The van der Waals surface area contributed by atoms with Crippen molar-refractivity contribution in [2.75, 3.05) is 0 Å². The van der Waals surface area contributed by atoms with Gasteiger partial charge in [-0.3, -0.25) is 4.79 Å². The van der Waals surface area contributed by atoms with Gasteiger partial charge in [0.1, 0.15) is 5.52 Å². The Morgan fingerprint density at radius 2 is 2.00 bits per heavy atom. The van der Waals surface area contributed by atoms with E-state index in [1.54, 1.807) is 25.1 Å². The van der Waals surface area contributed by atoms with Crippen molar-refractivity contribution in [2.24, 2.45) is 17.8 Å². The summed E-state index contributed by atoms with van der Waals surface area (Å²) in [5.74, 6) is -1.69. The molecular formula is C32H27Cl2F3N4O. The lowest BCUT2D eigenvalue weighted by molar-refractivity contribution is -0.139. The maximum Gasteiger partial charge on any atom is 0.241 e. The lowest BCUT2D eigenvalue weighted by Crippen LogP contribution is -2.44. The predicted octanol–water partition coefficient (Wildman–Crippen LogP) is 8.55. The van der Waals surface area contributed by atoms with Crippen molar-refractivity contribution in [1.29, 1.82) is 5.26 Å². The van der Waals surface area contributed by atoms with Crippen molar-refractivity contribution in [2.45, 2.75) is 64.0 Å². The van der Waals surface area contributed by atoms with E-state index in [-0.39, 0.29) is 57.8 Å². The number of aryl methyl sites for hydroxylation is 2. The van der Waals surface area contributed by atoms with E-state index in [9.17, 15) is 18.8 Å². The average Bonchev–Trinajstić information content (AvgIpc) is 3.41. The molecule has 1 amide bonds. The number of benzene rings is 2. The highest BCUT2D eigenvalue weighted by molar-refractivity contribution is 6.43. The number of pyridine rings is 1. The molecule has 2 saturated carbocycles. The van der Waals surface area contributed by atoms with E-state index < -0.39 is 24.2 Å². The number of hydrogen-bond acceptors (Lipinski definition) is 3. The summed E-state index contributed by atoms with van der Waals surface area (Å²) in [6.07, 6.45) is 0.529. The maximum absolute atomic E-state index is 16.5. The van der Waals surface area contributed by atoms with Crippen molar-refractivity contribution in [3.05, 3.63) is 63.1 Å². The van der Waals surface area contributed by atoms with E-state index in [0.29, 0.717) is 46.3 Å². The SMILES string of the molecule is Cc1nc2c(F)c(-c3cccc(Cl)c3Cl)c(CCC#N)cc2c2[nH]c(C3C4CC(CC4C(F)F)N3C(=O)C3CC3)cc12. The highest BCUT2D eigenvalue weighted by Crippen LogP contribution is 2.56. The zero-order valence-corrected chi connectivity index (χ0v) is 24.2. The van der Waals surface area contributed by atoms with Gasteiger partial charge in [-0.1, -0.05) is 35.3 Å². The number of carbonyl (C=O) groups excluding carboxylic acids is 1. The van der Waals surface area contributed by atoms with Crippen molar-refractivity contribution in [3.8, 4) is 17.2 Å². The standard InChI is InChI=1S/C32H27Cl2F3N4O/c1-14-19-13-24(30-20-11-17(12-21(20)31(36)37)41(30)32(42)15-7-8-15)40-28(19)22-10-16(4-3-9-38)25(27(35)29(22)39-14)18-5-2-6-23(33)26(18)34/h2,5-6,10,13,15,17,20-21,30-31,40H,3-4,7-8,11-12H2,1H3. The van der Waals surface area contributed by atoms with E-state index in [1.165, 1.54) is 0 Å². The highest BCUT2D eigenvalue weighted by atomic mass is 35.5. The van der Waals surface area contributed by atoms with Crippen molar-refractivity contribution >= 4 is 50.9 Å². The van der Waals surface area contributed by atoms with Gasteiger partial charge in [-0.15, -0.1) is 0 Å². The second-order valence-electron chi connectivity index (χ2n) is 11.8. The number of H-pyrrole nitrogens is 1. The molecule has 2 aromatic heterocycles. The molecule has 42 heavy (non-hydrogen) atoms. The molecule has 5 nitrogen and oxygen atoms in total. The summed E-state index contributed by atoms with van der Waals surface area (Å²) >= 11 is 12.8. The number of aromatic nitrogens is 2. The number of rotatable bonds is 6. The van der Waals surface area contributed by atoms with Gasteiger partial charge in [0.05, 0.1) is 27.7 Å². The van der Waals surface area contributed by atoms with Crippen LogP contribution in [0.2, 0.25) is 10.0 Å². The number of carbonyl (C=O) groups is 1. The van der Waals surface area contributed by atoms with Crippen LogP contribution in [-0.2, 0) is 11.2 Å². The van der Waals surface area contributed by atoms with Gasteiger partial charge in [-0.25, -0.2) is 18.2 Å². The first-order valence-corrected chi connectivity index (χ1v) is 15.0. The molecular weight excluding hydrogens is 584 g/mol. The molecule has 3 fully saturated rings. The monoisotopic (exact) mass is 610 g/mol. The van der Waals surface area contributed by atoms with E-state index in [1.807, 2.05) is 17.0 Å². The van der Waals surface area contributed by atoms with Gasteiger partial charge in [0.2, 0.25) is 12.3 Å². The van der Waals surface area contributed by atoms with E-state index in [4.69, 9.17) is 23.2 Å². The summed E-state index contributed by atoms with van der Waals surface area (Å²) < 4.78 is 44.7. The van der Waals surface area contributed by atoms with Crippen LogP contribution in [-0.4, -0.2) is 33.2 Å². The molecule has 0 spiro atoms. The fourth-order valence-electron chi connectivity index (χ4n) is 7.35. The molecule has 3 heterocycles. The van der Waals surface area contributed by atoms with Crippen LogP contribution in [0.1, 0.15) is 55.1 Å². The number of halogens is 5. The Labute approximate surface area is 250 Å².